The number of rotatable bonds is 2. The Morgan fingerprint density at radius 2 is 1.31 bits per heavy atom. The maximum Gasteiger partial charge on any atom is 0.155 e. The Labute approximate surface area is 95.9 Å². The summed E-state index contributed by atoms with van der Waals surface area (Å²) in [5.74, 6) is -0.262. The molecule has 80 valence electrons. The highest BCUT2D eigenvalue weighted by molar-refractivity contribution is 5.92. The summed E-state index contributed by atoms with van der Waals surface area (Å²) in [5, 5.41) is 0. The third kappa shape index (κ3) is 1.89. The van der Waals surface area contributed by atoms with Crippen LogP contribution in [0, 0.1) is 11.8 Å². The van der Waals surface area contributed by atoms with Crippen molar-refractivity contribution in [2.24, 2.45) is 11.8 Å². The number of ketones is 1. The maximum absolute atomic E-state index is 12.3. The molecule has 0 aromatic rings. The molecule has 1 heteroatoms. The average Bonchev–Trinajstić information content (AvgIpc) is 2.29. The molecule has 1 nitrogen and oxygen atoms in total. The van der Waals surface area contributed by atoms with Crippen LogP contribution in [0.2, 0.25) is 0 Å². The van der Waals surface area contributed by atoms with Gasteiger partial charge in [0.15, 0.2) is 5.78 Å². The van der Waals surface area contributed by atoms with Gasteiger partial charge in [0, 0.05) is 0 Å². The summed E-state index contributed by atoms with van der Waals surface area (Å²) in [4.78, 5) is 12.3. The van der Waals surface area contributed by atoms with Gasteiger partial charge in [-0.25, -0.2) is 0 Å². The molecule has 2 unspecified atom stereocenters. The number of hydrogen-bond acceptors (Lipinski definition) is 1. The van der Waals surface area contributed by atoms with Crippen molar-refractivity contribution in [1.82, 2.24) is 0 Å². The SMILES string of the molecule is C=C1C=CC=CC1C(=O)C1C=CC=CC1=C. The highest BCUT2D eigenvalue weighted by Gasteiger charge is 2.27. The molecular formula is C15H14O. The number of carbonyl (C=O) groups excluding carboxylic acids is 1. The fourth-order valence-electron chi connectivity index (χ4n) is 1.91. The van der Waals surface area contributed by atoms with Gasteiger partial charge in [-0.1, -0.05) is 61.8 Å². The van der Waals surface area contributed by atoms with Gasteiger partial charge < -0.3 is 0 Å². The molecule has 0 spiro atoms. The van der Waals surface area contributed by atoms with Crippen molar-refractivity contribution in [2.75, 3.05) is 0 Å². The van der Waals surface area contributed by atoms with E-state index in [0.29, 0.717) is 0 Å². The van der Waals surface area contributed by atoms with Crippen LogP contribution in [0.1, 0.15) is 0 Å². The van der Waals surface area contributed by atoms with Crippen LogP contribution >= 0.6 is 0 Å². The Kier molecular flexibility index (Phi) is 2.86. The van der Waals surface area contributed by atoms with Crippen LogP contribution in [-0.4, -0.2) is 5.78 Å². The van der Waals surface area contributed by atoms with Gasteiger partial charge in [-0.3, -0.25) is 4.79 Å². The summed E-state index contributed by atoms with van der Waals surface area (Å²) in [6, 6.07) is 0. The van der Waals surface area contributed by atoms with E-state index in [9.17, 15) is 4.79 Å². The van der Waals surface area contributed by atoms with Crippen LogP contribution in [0.15, 0.2) is 72.9 Å². The second-order valence-corrected chi connectivity index (χ2v) is 4.00. The standard InChI is InChI=1S/C15H14O/c1-11-7-3-5-9-13(11)15(16)14-10-6-4-8-12(14)2/h3-10,13-14H,1-2H2. The lowest BCUT2D eigenvalue weighted by Crippen LogP contribution is -2.24. The van der Waals surface area contributed by atoms with E-state index in [4.69, 9.17) is 0 Å². The first-order valence-corrected chi connectivity index (χ1v) is 5.31. The van der Waals surface area contributed by atoms with Crippen molar-refractivity contribution in [2.45, 2.75) is 0 Å². The first-order valence-electron chi connectivity index (χ1n) is 5.31. The minimum absolute atomic E-state index is 0.149. The molecule has 2 rings (SSSR count). The summed E-state index contributed by atoms with van der Waals surface area (Å²) in [6.07, 6.45) is 15.1. The highest BCUT2D eigenvalue weighted by atomic mass is 16.1. The molecule has 2 atom stereocenters. The monoisotopic (exact) mass is 210 g/mol. The quantitative estimate of drug-likeness (QED) is 0.684. The van der Waals surface area contributed by atoms with E-state index in [1.165, 1.54) is 0 Å². The van der Waals surface area contributed by atoms with Crippen LogP contribution in [0.3, 0.4) is 0 Å². The molecular weight excluding hydrogens is 196 g/mol. The van der Waals surface area contributed by atoms with E-state index in [1.807, 2.05) is 48.6 Å². The lowest BCUT2D eigenvalue weighted by Gasteiger charge is -2.21. The van der Waals surface area contributed by atoms with Crippen molar-refractivity contribution in [3.8, 4) is 0 Å². The molecule has 2 aliphatic rings. The third-order valence-corrected chi connectivity index (χ3v) is 2.86. The first kappa shape index (κ1) is 10.6. The summed E-state index contributed by atoms with van der Waals surface area (Å²) in [5.41, 5.74) is 1.70. The van der Waals surface area contributed by atoms with E-state index in [1.54, 1.807) is 0 Å². The van der Waals surface area contributed by atoms with E-state index < -0.39 is 0 Å². The molecule has 0 radical (unpaired) electrons. The van der Waals surface area contributed by atoms with Gasteiger partial charge in [0.05, 0.1) is 11.8 Å². The summed E-state index contributed by atoms with van der Waals surface area (Å²) >= 11 is 0. The van der Waals surface area contributed by atoms with Gasteiger partial charge in [-0.05, 0) is 11.1 Å². The molecule has 0 fully saturated rings. The topological polar surface area (TPSA) is 17.1 Å². The number of allylic oxidation sites excluding steroid dienone is 10. The normalized spacial score (nSPS) is 27.5. The van der Waals surface area contributed by atoms with Crippen LogP contribution in [0.25, 0.3) is 0 Å². The molecule has 0 heterocycles. The molecule has 0 aromatic heterocycles. The van der Waals surface area contributed by atoms with E-state index in [2.05, 4.69) is 13.2 Å². The fourth-order valence-corrected chi connectivity index (χ4v) is 1.91. The minimum atomic E-state index is -0.206. The zero-order valence-electron chi connectivity index (χ0n) is 9.10. The zero-order valence-corrected chi connectivity index (χ0v) is 9.10. The molecule has 16 heavy (non-hydrogen) atoms. The number of hydrogen-bond donors (Lipinski definition) is 0. The molecule has 0 N–H and O–H groups in total. The Bertz CT molecular complexity index is 416. The summed E-state index contributed by atoms with van der Waals surface area (Å²) in [7, 11) is 0. The predicted molar refractivity (Wildman–Crippen MR) is 66.8 cm³/mol. The molecule has 0 saturated carbocycles. The Hall–Kier alpha value is -1.89. The zero-order chi connectivity index (χ0) is 11.5. The minimum Gasteiger partial charge on any atom is -0.298 e. The lowest BCUT2D eigenvalue weighted by atomic mass is 9.81. The van der Waals surface area contributed by atoms with Gasteiger partial charge in [-0.15, -0.1) is 0 Å². The number of carbonyl (C=O) groups is 1. The smallest absolute Gasteiger partial charge is 0.155 e. The Morgan fingerprint density at radius 1 is 0.875 bits per heavy atom. The van der Waals surface area contributed by atoms with Crippen LogP contribution in [-0.2, 0) is 4.79 Å². The van der Waals surface area contributed by atoms with Crippen LogP contribution < -0.4 is 0 Å². The molecule has 0 saturated heterocycles. The third-order valence-electron chi connectivity index (χ3n) is 2.86. The average molecular weight is 210 g/mol. The first-order chi connectivity index (χ1) is 7.70. The van der Waals surface area contributed by atoms with E-state index >= 15 is 0 Å². The summed E-state index contributed by atoms with van der Waals surface area (Å²) < 4.78 is 0. The van der Waals surface area contributed by atoms with Crippen molar-refractivity contribution in [3.05, 3.63) is 72.9 Å². The molecule has 0 bridgehead atoms. The second-order valence-electron chi connectivity index (χ2n) is 4.00. The van der Waals surface area contributed by atoms with Crippen molar-refractivity contribution in [3.63, 3.8) is 0 Å². The van der Waals surface area contributed by atoms with Crippen molar-refractivity contribution >= 4 is 5.78 Å². The van der Waals surface area contributed by atoms with Gasteiger partial charge in [0.1, 0.15) is 0 Å². The maximum atomic E-state index is 12.3. The highest BCUT2D eigenvalue weighted by Crippen LogP contribution is 2.27. The molecule has 2 aliphatic carbocycles. The van der Waals surface area contributed by atoms with Gasteiger partial charge in [0.25, 0.3) is 0 Å². The number of Topliss-reactive ketones (excluding diaryl/α,β-unsaturated/α-hetero) is 1. The van der Waals surface area contributed by atoms with Gasteiger partial charge in [-0.2, -0.15) is 0 Å². The molecule has 0 aromatic carbocycles. The van der Waals surface area contributed by atoms with Crippen LogP contribution in [0.5, 0.6) is 0 Å². The lowest BCUT2D eigenvalue weighted by molar-refractivity contribution is -0.122. The Morgan fingerprint density at radius 3 is 1.69 bits per heavy atom. The van der Waals surface area contributed by atoms with Crippen LogP contribution in [0.4, 0.5) is 0 Å². The van der Waals surface area contributed by atoms with Gasteiger partial charge in [0.2, 0.25) is 0 Å². The van der Waals surface area contributed by atoms with Gasteiger partial charge >= 0.3 is 0 Å². The van der Waals surface area contributed by atoms with E-state index in [0.717, 1.165) is 11.1 Å². The predicted octanol–water partition coefficient (Wildman–Crippen LogP) is 3.15. The Balaban J connectivity index is 2.20. The summed E-state index contributed by atoms with van der Waals surface area (Å²) in [6.45, 7) is 7.81. The second kappa shape index (κ2) is 4.31. The van der Waals surface area contributed by atoms with Crippen molar-refractivity contribution < 1.29 is 4.79 Å². The van der Waals surface area contributed by atoms with Crippen molar-refractivity contribution in [1.29, 1.82) is 0 Å². The largest absolute Gasteiger partial charge is 0.298 e. The fraction of sp³-hybridized carbons (Fsp3) is 0.133. The molecule has 0 aliphatic heterocycles. The van der Waals surface area contributed by atoms with E-state index in [-0.39, 0.29) is 17.6 Å². The molecule has 0 amide bonds.